The van der Waals surface area contributed by atoms with Gasteiger partial charge >= 0.3 is 13.6 Å². The molecule has 34 heavy (non-hydrogen) atoms. The van der Waals surface area contributed by atoms with Crippen LogP contribution in [-0.2, 0) is 29.6 Å². The molecule has 0 amide bonds. The monoisotopic (exact) mass is 500 g/mol. The highest BCUT2D eigenvalue weighted by atomic mass is 31.2. The van der Waals surface area contributed by atoms with E-state index in [1.54, 1.807) is 40.7 Å². The quantitative estimate of drug-likeness (QED) is 0.198. The number of esters is 1. The minimum Gasteiger partial charge on any atom is -0.491 e. The number of hydrogen-bond donors (Lipinski definition) is 0. The summed E-state index contributed by atoms with van der Waals surface area (Å²) in [6.07, 6.45) is 1.52. The highest BCUT2D eigenvalue weighted by Gasteiger charge is 2.44. The van der Waals surface area contributed by atoms with E-state index in [1.165, 1.54) is 12.1 Å². The maximum Gasteiger partial charge on any atom is 0.345 e. The predicted octanol–water partition coefficient (Wildman–Crippen LogP) is 5.57. The van der Waals surface area contributed by atoms with Crippen LogP contribution in [0.5, 0.6) is 5.75 Å². The molecule has 1 unspecified atom stereocenters. The second-order valence-corrected chi connectivity index (χ2v) is 10.7. The van der Waals surface area contributed by atoms with Gasteiger partial charge in [-0.15, -0.1) is 0 Å². The molecule has 0 bridgehead atoms. The first-order chi connectivity index (χ1) is 16.0. The molecule has 190 valence electrons. The fourth-order valence-corrected chi connectivity index (χ4v) is 4.82. The molecule has 0 aliphatic heterocycles. The van der Waals surface area contributed by atoms with Crippen molar-refractivity contribution in [3.63, 3.8) is 0 Å². The first kappa shape index (κ1) is 28.0. The Bertz CT molecular complexity index is 980. The van der Waals surface area contributed by atoms with E-state index >= 15 is 0 Å². The summed E-state index contributed by atoms with van der Waals surface area (Å²) < 4.78 is 54.7. The smallest absolute Gasteiger partial charge is 0.345 e. The molecule has 0 N–H and O–H groups in total. The maximum absolute atomic E-state index is 14.4. The van der Waals surface area contributed by atoms with E-state index in [1.807, 2.05) is 6.92 Å². The van der Waals surface area contributed by atoms with Crippen molar-refractivity contribution in [1.29, 1.82) is 0 Å². The molecule has 1 heterocycles. The minimum atomic E-state index is -3.91. The van der Waals surface area contributed by atoms with E-state index in [0.717, 1.165) is 12.8 Å². The second-order valence-electron chi connectivity index (χ2n) is 8.49. The lowest BCUT2D eigenvalue weighted by atomic mass is 10.2. The lowest BCUT2D eigenvalue weighted by Gasteiger charge is -2.27. The van der Waals surface area contributed by atoms with Gasteiger partial charge in [-0.1, -0.05) is 18.5 Å². The molecule has 1 atom stereocenters. The van der Waals surface area contributed by atoms with E-state index in [9.17, 15) is 13.8 Å². The van der Waals surface area contributed by atoms with Crippen molar-refractivity contribution in [2.24, 2.45) is 0 Å². The third-order valence-electron chi connectivity index (χ3n) is 4.46. The normalized spacial score (nSPS) is 13.0. The van der Waals surface area contributed by atoms with E-state index in [0.29, 0.717) is 12.2 Å². The first-order valence-corrected chi connectivity index (χ1v) is 13.0. The zero-order valence-corrected chi connectivity index (χ0v) is 21.5. The van der Waals surface area contributed by atoms with Gasteiger partial charge in [0.1, 0.15) is 5.60 Å². The molecule has 2 aromatic rings. The summed E-state index contributed by atoms with van der Waals surface area (Å²) in [7, 11) is -3.91. The van der Waals surface area contributed by atoms with Crippen LogP contribution in [0.3, 0.4) is 0 Å². The molecule has 1 aromatic carbocycles. The summed E-state index contributed by atoms with van der Waals surface area (Å²) in [4.78, 5) is 17.2. The van der Waals surface area contributed by atoms with Crippen LogP contribution in [0.25, 0.3) is 11.4 Å². The number of unbranched alkanes of at least 4 members (excludes halogenated alkanes) is 1. The van der Waals surface area contributed by atoms with Gasteiger partial charge < -0.3 is 23.0 Å². The summed E-state index contributed by atoms with van der Waals surface area (Å²) >= 11 is 0. The van der Waals surface area contributed by atoms with Gasteiger partial charge in [0, 0.05) is 5.56 Å². The van der Waals surface area contributed by atoms with Gasteiger partial charge in [-0.2, -0.15) is 4.98 Å². The van der Waals surface area contributed by atoms with Crippen LogP contribution in [0.4, 0.5) is 4.39 Å². The molecule has 0 fully saturated rings. The number of nitrogens with zero attached hydrogens (tertiary/aromatic N) is 2. The third-order valence-corrected chi connectivity index (χ3v) is 6.85. The largest absolute Gasteiger partial charge is 0.491 e. The lowest BCUT2D eigenvalue weighted by Crippen LogP contribution is -2.34. The number of benzene rings is 1. The molecular weight excluding hydrogens is 466 g/mol. The Labute approximate surface area is 199 Å². The van der Waals surface area contributed by atoms with E-state index in [2.05, 4.69) is 10.1 Å². The molecule has 11 heteroatoms. The number of halogens is 1. The van der Waals surface area contributed by atoms with Gasteiger partial charge in [0.2, 0.25) is 11.7 Å². The number of ether oxygens (including phenoxy) is 2. The average molecular weight is 501 g/mol. The Hall–Kier alpha value is -2.29. The molecule has 9 nitrogen and oxygen atoms in total. The highest BCUT2D eigenvalue weighted by molar-refractivity contribution is 7.55. The summed E-state index contributed by atoms with van der Waals surface area (Å²) in [5, 5.41) is 3.88. The van der Waals surface area contributed by atoms with Crippen molar-refractivity contribution in [2.75, 3.05) is 19.8 Å². The Morgan fingerprint density at radius 1 is 1.18 bits per heavy atom. The average Bonchev–Trinajstić information content (AvgIpc) is 3.21. The molecule has 2 rings (SSSR count). The maximum atomic E-state index is 14.4. The van der Waals surface area contributed by atoms with Crippen LogP contribution in [0, 0.1) is 5.82 Å². The van der Waals surface area contributed by atoms with E-state index < -0.39 is 30.6 Å². The van der Waals surface area contributed by atoms with Gasteiger partial charge in [0.25, 0.3) is 0 Å². The Morgan fingerprint density at radius 3 is 2.41 bits per heavy atom. The number of carbonyl (C=O) groups excluding carboxylic acids is 1. The fraction of sp³-hybridized carbons (Fsp3) is 0.609. The van der Waals surface area contributed by atoms with Gasteiger partial charge in [0.05, 0.1) is 26.2 Å². The number of carbonyl (C=O) groups is 1. The summed E-state index contributed by atoms with van der Waals surface area (Å²) in [6, 6.07) is 4.35. The van der Waals surface area contributed by atoms with Gasteiger partial charge in [-0.3, -0.25) is 9.36 Å². The Kier molecular flexibility index (Phi) is 10.2. The lowest BCUT2D eigenvalue weighted by molar-refractivity contribution is -0.154. The standard InChI is InChI=1S/C23H34FN2O7P/c1-7-10-13-29-18-12-11-16(14-17(18)24)21-25-20(33-26-21)15-19(22(27)32-23(4,5)6)34(28,30-8-2)31-9-3/h11-12,14,19H,7-10,13,15H2,1-6H3. The minimum absolute atomic E-state index is 0.00849. The van der Waals surface area contributed by atoms with Crippen molar-refractivity contribution in [2.45, 2.75) is 72.1 Å². The number of aromatic nitrogens is 2. The van der Waals surface area contributed by atoms with Crippen LogP contribution in [0.15, 0.2) is 22.7 Å². The number of hydrogen-bond acceptors (Lipinski definition) is 9. The van der Waals surface area contributed by atoms with Crippen molar-refractivity contribution < 1.29 is 36.8 Å². The molecule has 1 aromatic heterocycles. The molecule has 0 aliphatic rings. The van der Waals surface area contributed by atoms with Crippen LogP contribution in [0.2, 0.25) is 0 Å². The van der Waals surface area contributed by atoms with Gasteiger partial charge in [-0.25, -0.2) is 4.39 Å². The number of rotatable bonds is 13. The van der Waals surface area contributed by atoms with E-state index in [-0.39, 0.29) is 37.1 Å². The van der Waals surface area contributed by atoms with Gasteiger partial charge in [0.15, 0.2) is 17.2 Å². The summed E-state index contributed by atoms with van der Waals surface area (Å²) in [5.41, 5.74) is -1.77. The summed E-state index contributed by atoms with van der Waals surface area (Å²) in [6.45, 7) is 11.0. The Morgan fingerprint density at radius 2 is 1.85 bits per heavy atom. The van der Waals surface area contributed by atoms with Crippen molar-refractivity contribution in [3.05, 3.63) is 29.9 Å². The zero-order valence-electron chi connectivity index (χ0n) is 20.6. The molecule has 0 saturated carbocycles. The van der Waals surface area contributed by atoms with Crippen molar-refractivity contribution in [3.8, 4) is 17.1 Å². The molecular formula is C23H34FN2O7P. The Balaban J connectivity index is 2.28. The topological polar surface area (TPSA) is 110 Å². The SMILES string of the molecule is CCCCOc1ccc(-c2noc(CC(C(=O)OC(C)(C)C)P(=O)(OCC)OCC)n2)cc1F. The van der Waals surface area contributed by atoms with Crippen molar-refractivity contribution >= 4 is 13.6 Å². The highest BCUT2D eigenvalue weighted by Crippen LogP contribution is 2.54. The summed E-state index contributed by atoms with van der Waals surface area (Å²) in [5.74, 6) is -1.06. The van der Waals surface area contributed by atoms with E-state index in [4.69, 9.17) is 23.0 Å². The predicted molar refractivity (Wildman–Crippen MR) is 124 cm³/mol. The first-order valence-electron chi connectivity index (χ1n) is 11.4. The van der Waals surface area contributed by atoms with Crippen molar-refractivity contribution in [1.82, 2.24) is 10.1 Å². The third kappa shape index (κ3) is 7.89. The molecule has 0 radical (unpaired) electrons. The van der Waals surface area contributed by atoms with Gasteiger partial charge in [-0.05, 0) is 59.2 Å². The van der Waals surface area contributed by atoms with Crippen LogP contribution < -0.4 is 4.74 Å². The second kappa shape index (κ2) is 12.4. The van der Waals surface area contributed by atoms with Crippen LogP contribution in [-0.4, -0.2) is 47.2 Å². The molecule has 0 saturated heterocycles. The zero-order chi connectivity index (χ0) is 25.4. The fourth-order valence-electron chi connectivity index (χ4n) is 2.98. The van der Waals surface area contributed by atoms with Crippen LogP contribution >= 0.6 is 7.60 Å². The molecule has 0 aliphatic carbocycles. The molecule has 0 spiro atoms. The van der Waals surface area contributed by atoms with Crippen LogP contribution in [0.1, 0.15) is 60.3 Å².